The van der Waals surface area contributed by atoms with Gasteiger partial charge < -0.3 is 14.4 Å². The molecule has 2 aliphatic rings. The predicted octanol–water partition coefficient (Wildman–Crippen LogP) is 4.03. The molecule has 7 nitrogen and oxygen atoms in total. The van der Waals surface area contributed by atoms with Gasteiger partial charge in [0.2, 0.25) is 15.9 Å². The zero-order valence-electron chi connectivity index (χ0n) is 18.9. The van der Waals surface area contributed by atoms with Gasteiger partial charge in [0.05, 0.1) is 24.2 Å². The lowest BCUT2D eigenvalue weighted by molar-refractivity contribution is -0.131. The topological polar surface area (TPSA) is 84.9 Å². The molecule has 2 heterocycles. The SMILES string of the molecule is O=C(CCNS(=O)(=O)c1ccc2ccccc2c1)N1CCC[C@H]1c1ccc2c(c1)OCCCO2. The smallest absolute Gasteiger partial charge is 0.240 e. The van der Waals surface area contributed by atoms with Gasteiger partial charge in [0.1, 0.15) is 0 Å². The van der Waals surface area contributed by atoms with Gasteiger partial charge in [0.15, 0.2) is 11.5 Å². The van der Waals surface area contributed by atoms with Gasteiger partial charge >= 0.3 is 0 Å². The molecule has 0 aliphatic carbocycles. The van der Waals surface area contributed by atoms with Crippen molar-refractivity contribution in [1.29, 1.82) is 0 Å². The number of carbonyl (C=O) groups is 1. The van der Waals surface area contributed by atoms with Crippen molar-refractivity contribution in [2.24, 2.45) is 0 Å². The first-order valence-corrected chi connectivity index (χ1v) is 13.2. The lowest BCUT2D eigenvalue weighted by atomic mass is 10.0. The Labute approximate surface area is 199 Å². The standard InChI is InChI=1S/C26H28N2O5S/c29-26(12-13-27-34(30,31)22-10-8-19-5-1-2-6-20(19)17-22)28-14-3-7-23(28)21-9-11-24-25(18-21)33-16-4-15-32-24/h1-2,5-6,8-11,17-18,23,27H,3-4,7,12-16H2/t23-/m0/s1. The molecule has 3 aromatic carbocycles. The Morgan fingerprint density at radius 2 is 1.74 bits per heavy atom. The second kappa shape index (κ2) is 9.64. The van der Waals surface area contributed by atoms with E-state index < -0.39 is 10.0 Å². The minimum Gasteiger partial charge on any atom is -0.490 e. The number of amides is 1. The van der Waals surface area contributed by atoms with Crippen LogP contribution in [0, 0.1) is 0 Å². The molecule has 8 heteroatoms. The van der Waals surface area contributed by atoms with Crippen molar-refractivity contribution in [3.8, 4) is 11.5 Å². The van der Waals surface area contributed by atoms with E-state index in [4.69, 9.17) is 9.47 Å². The zero-order valence-corrected chi connectivity index (χ0v) is 19.7. The predicted molar refractivity (Wildman–Crippen MR) is 129 cm³/mol. The maximum absolute atomic E-state index is 13.0. The summed E-state index contributed by atoms with van der Waals surface area (Å²) in [5, 5.41) is 1.84. The number of nitrogens with one attached hydrogen (secondary N) is 1. The van der Waals surface area contributed by atoms with E-state index in [-0.39, 0.29) is 29.8 Å². The van der Waals surface area contributed by atoms with Gasteiger partial charge in [-0.05, 0) is 53.4 Å². The number of rotatable bonds is 6. The average molecular weight is 481 g/mol. The molecule has 0 unspecified atom stereocenters. The molecule has 0 spiro atoms. The van der Waals surface area contributed by atoms with Gasteiger partial charge in [0, 0.05) is 25.9 Å². The third kappa shape index (κ3) is 4.74. The van der Waals surface area contributed by atoms with Crippen molar-refractivity contribution in [3.05, 3.63) is 66.2 Å². The van der Waals surface area contributed by atoms with Crippen LogP contribution in [0.25, 0.3) is 10.8 Å². The zero-order chi connectivity index (χ0) is 23.5. The number of hydrogen-bond donors (Lipinski definition) is 1. The summed E-state index contributed by atoms with van der Waals surface area (Å²) in [6.07, 6.45) is 2.73. The molecule has 0 saturated carbocycles. The Kier molecular flexibility index (Phi) is 6.43. The van der Waals surface area contributed by atoms with Gasteiger partial charge in [0.25, 0.3) is 0 Å². The van der Waals surface area contributed by atoms with E-state index >= 15 is 0 Å². The highest BCUT2D eigenvalue weighted by Gasteiger charge is 2.30. The van der Waals surface area contributed by atoms with Gasteiger partial charge in [-0.25, -0.2) is 13.1 Å². The minimum atomic E-state index is -3.70. The average Bonchev–Trinajstić information content (AvgIpc) is 3.22. The van der Waals surface area contributed by atoms with E-state index in [1.54, 1.807) is 18.2 Å². The van der Waals surface area contributed by atoms with Crippen LogP contribution in [0.3, 0.4) is 0 Å². The molecule has 2 aliphatic heterocycles. The second-order valence-electron chi connectivity index (χ2n) is 8.66. The molecule has 1 atom stereocenters. The Morgan fingerprint density at radius 3 is 2.59 bits per heavy atom. The first kappa shape index (κ1) is 22.7. The van der Waals surface area contributed by atoms with Crippen LogP contribution in [-0.4, -0.2) is 45.5 Å². The summed E-state index contributed by atoms with van der Waals surface area (Å²) in [6, 6.07) is 18.5. The summed E-state index contributed by atoms with van der Waals surface area (Å²) in [4.78, 5) is 15.1. The summed E-state index contributed by atoms with van der Waals surface area (Å²) in [6.45, 7) is 1.96. The highest BCUT2D eigenvalue weighted by Crippen LogP contribution is 2.38. The maximum atomic E-state index is 13.0. The Morgan fingerprint density at radius 1 is 0.941 bits per heavy atom. The second-order valence-corrected chi connectivity index (χ2v) is 10.4. The molecule has 1 saturated heterocycles. The molecule has 1 amide bonds. The number of nitrogens with zero attached hydrogens (tertiary/aromatic N) is 1. The molecule has 5 rings (SSSR count). The molecular formula is C26H28N2O5S. The molecule has 34 heavy (non-hydrogen) atoms. The Balaban J connectivity index is 1.23. The van der Waals surface area contributed by atoms with E-state index in [1.165, 1.54) is 0 Å². The van der Waals surface area contributed by atoms with Crippen LogP contribution in [0.2, 0.25) is 0 Å². The van der Waals surface area contributed by atoms with Crippen LogP contribution in [0.4, 0.5) is 0 Å². The van der Waals surface area contributed by atoms with Crippen molar-refractivity contribution in [3.63, 3.8) is 0 Å². The molecule has 3 aromatic rings. The first-order chi connectivity index (χ1) is 16.5. The number of fused-ring (bicyclic) bond motifs is 2. The lowest BCUT2D eigenvalue weighted by Crippen LogP contribution is -2.34. The van der Waals surface area contributed by atoms with Crippen molar-refractivity contribution >= 4 is 26.7 Å². The highest BCUT2D eigenvalue weighted by atomic mass is 32.2. The van der Waals surface area contributed by atoms with Gasteiger partial charge in [-0.2, -0.15) is 0 Å². The van der Waals surface area contributed by atoms with Crippen LogP contribution < -0.4 is 14.2 Å². The summed E-state index contributed by atoms with van der Waals surface area (Å²) in [7, 11) is -3.70. The molecule has 178 valence electrons. The van der Waals surface area contributed by atoms with Crippen LogP contribution >= 0.6 is 0 Å². The van der Waals surface area contributed by atoms with Crippen molar-refractivity contribution < 1.29 is 22.7 Å². The molecule has 0 bridgehead atoms. The maximum Gasteiger partial charge on any atom is 0.240 e. The molecular weight excluding hydrogens is 452 g/mol. The number of carbonyl (C=O) groups excluding carboxylic acids is 1. The fourth-order valence-corrected chi connectivity index (χ4v) is 5.72. The van der Waals surface area contributed by atoms with Crippen molar-refractivity contribution in [2.45, 2.75) is 36.6 Å². The van der Waals surface area contributed by atoms with Crippen molar-refractivity contribution in [1.82, 2.24) is 9.62 Å². The van der Waals surface area contributed by atoms with Crippen LogP contribution in [-0.2, 0) is 14.8 Å². The van der Waals surface area contributed by atoms with Gasteiger partial charge in [-0.1, -0.05) is 36.4 Å². The third-order valence-electron chi connectivity index (χ3n) is 6.39. The lowest BCUT2D eigenvalue weighted by Gasteiger charge is -2.26. The molecule has 1 N–H and O–H groups in total. The van der Waals surface area contributed by atoms with Gasteiger partial charge in [-0.15, -0.1) is 0 Å². The van der Waals surface area contributed by atoms with E-state index in [2.05, 4.69) is 4.72 Å². The fourth-order valence-electron chi connectivity index (χ4n) is 4.65. The summed E-state index contributed by atoms with van der Waals surface area (Å²) in [5.74, 6) is 1.40. The number of ether oxygens (including phenoxy) is 2. The minimum absolute atomic E-state index is 0.0400. The van der Waals surface area contributed by atoms with E-state index in [1.807, 2.05) is 47.4 Å². The van der Waals surface area contributed by atoms with Crippen LogP contribution in [0.5, 0.6) is 11.5 Å². The molecule has 1 fully saturated rings. The summed E-state index contributed by atoms with van der Waals surface area (Å²) < 4.78 is 39.6. The van der Waals surface area contributed by atoms with E-state index in [0.29, 0.717) is 19.8 Å². The number of sulfonamides is 1. The number of benzene rings is 3. The summed E-state index contributed by atoms with van der Waals surface area (Å²) >= 11 is 0. The Bertz CT molecular complexity index is 1310. The Hall–Kier alpha value is -3.10. The fraction of sp³-hybridized carbons (Fsp3) is 0.346. The number of hydrogen-bond acceptors (Lipinski definition) is 5. The third-order valence-corrected chi connectivity index (χ3v) is 7.85. The van der Waals surface area contributed by atoms with E-state index in [0.717, 1.165) is 47.1 Å². The van der Waals surface area contributed by atoms with Crippen LogP contribution in [0.15, 0.2) is 65.6 Å². The normalized spacial score (nSPS) is 18.1. The van der Waals surface area contributed by atoms with E-state index in [9.17, 15) is 13.2 Å². The van der Waals surface area contributed by atoms with Crippen LogP contribution in [0.1, 0.15) is 37.3 Å². The van der Waals surface area contributed by atoms with Gasteiger partial charge in [-0.3, -0.25) is 4.79 Å². The molecule has 0 radical (unpaired) electrons. The summed E-state index contributed by atoms with van der Waals surface area (Å²) in [5.41, 5.74) is 1.02. The van der Waals surface area contributed by atoms with Crippen molar-refractivity contribution in [2.75, 3.05) is 26.3 Å². The molecule has 0 aromatic heterocycles. The first-order valence-electron chi connectivity index (χ1n) is 11.7. The number of likely N-dealkylation sites (tertiary alicyclic amines) is 1. The largest absolute Gasteiger partial charge is 0.490 e. The highest BCUT2D eigenvalue weighted by molar-refractivity contribution is 7.89. The monoisotopic (exact) mass is 480 g/mol. The quantitative estimate of drug-likeness (QED) is 0.576.